The maximum absolute atomic E-state index is 12.8. The Morgan fingerprint density at radius 1 is 1.29 bits per heavy atom. The van der Waals surface area contributed by atoms with Crippen LogP contribution in [0.3, 0.4) is 0 Å². The average Bonchev–Trinajstić information content (AvgIpc) is 3.04. The maximum Gasteiger partial charge on any atom is 0.0965 e. The van der Waals surface area contributed by atoms with Crippen LogP contribution in [0, 0.1) is 5.92 Å². The lowest BCUT2D eigenvalue weighted by Crippen LogP contribution is -2.03. The van der Waals surface area contributed by atoms with Crippen LogP contribution in [0.4, 0.5) is 4.39 Å². The summed E-state index contributed by atoms with van der Waals surface area (Å²) in [6.45, 7) is -0.201. The van der Waals surface area contributed by atoms with Gasteiger partial charge in [0, 0.05) is 5.92 Å². The van der Waals surface area contributed by atoms with Crippen LogP contribution in [0.1, 0.15) is 29.9 Å². The first-order chi connectivity index (χ1) is 6.85. The van der Waals surface area contributed by atoms with Gasteiger partial charge in [-0.25, -0.2) is 0 Å². The Morgan fingerprint density at radius 2 is 1.93 bits per heavy atom. The molecular weight excluding hydrogens is 179 g/mol. The first-order valence-corrected chi connectivity index (χ1v) is 5.11. The Bertz CT molecular complexity index is 290. The summed E-state index contributed by atoms with van der Waals surface area (Å²) < 4.78 is 12.8. The van der Waals surface area contributed by atoms with Gasteiger partial charge in [-0.05, 0) is 29.9 Å². The number of aliphatic hydroxyl groups is 1. The molecule has 1 N–H and O–H groups in total. The van der Waals surface area contributed by atoms with E-state index in [2.05, 4.69) is 0 Å². The fourth-order valence-electron chi connectivity index (χ4n) is 1.86. The van der Waals surface area contributed by atoms with Gasteiger partial charge in [0.25, 0.3) is 0 Å². The molecule has 76 valence electrons. The fourth-order valence-corrected chi connectivity index (χ4v) is 1.86. The minimum Gasteiger partial charge on any atom is -0.392 e. The van der Waals surface area contributed by atoms with E-state index >= 15 is 0 Å². The van der Waals surface area contributed by atoms with E-state index < -0.39 is 0 Å². The highest BCUT2D eigenvalue weighted by Gasteiger charge is 2.31. The maximum atomic E-state index is 12.8. The molecule has 1 fully saturated rings. The zero-order valence-electron chi connectivity index (χ0n) is 8.12. The van der Waals surface area contributed by atoms with E-state index in [0.29, 0.717) is 5.92 Å². The summed E-state index contributed by atoms with van der Waals surface area (Å²) in [5.41, 5.74) is 1.97. The van der Waals surface area contributed by atoms with Crippen LogP contribution in [-0.2, 0) is 6.61 Å². The third-order valence-electron chi connectivity index (χ3n) is 2.95. The van der Waals surface area contributed by atoms with E-state index in [9.17, 15) is 4.39 Å². The summed E-state index contributed by atoms with van der Waals surface area (Å²) in [6, 6.07) is 7.63. The highest BCUT2D eigenvalue weighted by Crippen LogP contribution is 2.42. The molecule has 0 aromatic heterocycles. The van der Waals surface area contributed by atoms with Crippen molar-refractivity contribution >= 4 is 0 Å². The van der Waals surface area contributed by atoms with E-state index in [0.717, 1.165) is 24.0 Å². The summed E-state index contributed by atoms with van der Waals surface area (Å²) in [5, 5.41) is 8.87. The zero-order chi connectivity index (χ0) is 9.97. The second-order valence-electron chi connectivity index (χ2n) is 4.00. The molecule has 1 atom stereocenters. The summed E-state index contributed by atoms with van der Waals surface area (Å²) in [7, 11) is 0. The van der Waals surface area contributed by atoms with Gasteiger partial charge >= 0.3 is 0 Å². The molecule has 0 aliphatic heterocycles. The second-order valence-corrected chi connectivity index (χ2v) is 4.00. The largest absolute Gasteiger partial charge is 0.392 e. The van der Waals surface area contributed by atoms with Gasteiger partial charge in [-0.3, -0.25) is 4.39 Å². The van der Waals surface area contributed by atoms with E-state index in [4.69, 9.17) is 5.11 Å². The minimum atomic E-state index is -0.261. The number of hydrogen-bond donors (Lipinski definition) is 1. The van der Waals surface area contributed by atoms with Crippen LogP contribution in [0.2, 0.25) is 0 Å². The summed E-state index contributed by atoms with van der Waals surface area (Å²) >= 11 is 0. The molecule has 0 bridgehead atoms. The normalized spacial score (nSPS) is 18.1. The third kappa shape index (κ3) is 1.95. The van der Waals surface area contributed by atoms with Crippen molar-refractivity contribution in [2.24, 2.45) is 5.92 Å². The first-order valence-electron chi connectivity index (χ1n) is 5.11. The third-order valence-corrected chi connectivity index (χ3v) is 2.95. The summed E-state index contributed by atoms with van der Waals surface area (Å²) in [6.07, 6.45) is 2.33. The van der Waals surface area contributed by atoms with Crippen molar-refractivity contribution in [3.63, 3.8) is 0 Å². The number of benzene rings is 1. The lowest BCUT2D eigenvalue weighted by Gasteiger charge is -2.12. The van der Waals surface area contributed by atoms with Crippen molar-refractivity contribution in [3.8, 4) is 0 Å². The molecule has 0 amide bonds. The van der Waals surface area contributed by atoms with Crippen molar-refractivity contribution in [3.05, 3.63) is 35.4 Å². The SMILES string of the molecule is OCc1ccc(C(CF)C2CC2)cc1. The van der Waals surface area contributed by atoms with Crippen molar-refractivity contribution in [2.45, 2.75) is 25.4 Å². The highest BCUT2D eigenvalue weighted by atomic mass is 19.1. The van der Waals surface area contributed by atoms with E-state index in [1.54, 1.807) is 0 Å². The molecular formula is C12H15FO. The second kappa shape index (κ2) is 4.09. The Labute approximate surface area is 83.6 Å². The van der Waals surface area contributed by atoms with E-state index in [1.165, 1.54) is 0 Å². The van der Waals surface area contributed by atoms with Crippen LogP contribution in [0.5, 0.6) is 0 Å². The number of aliphatic hydroxyl groups excluding tert-OH is 1. The molecule has 1 aliphatic carbocycles. The fraction of sp³-hybridized carbons (Fsp3) is 0.500. The number of hydrogen-bond acceptors (Lipinski definition) is 1. The van der Waals surface area contributed by atoms with E-state index in [-0.39, 0.29) is 19.2 Å². The topological polar surface area (TPSA) is 20.2 Å². The van der Waals surface area contributed by atoms with Crippen molar-refractivity contribution < 1.29 is 9.50 Å². The highest BCUT2D eigenvalue weighted by molar-refractivity contribution is 5.26. The van der Waals surface area contributed by atoms with Gasteiger partial charge in [0.2, 0.25) is 0 Å². The molecule has 1 aromatic carbocycles. The molecule has 1 saturated carbocycles. The van der Waals surface area contributed by atoms with Gasteiger partial charge in [0.05, 0.1) is 13.3 Å². The molecule has 2 heteroatoms. The van der Waals surface area contributed by atoms with Crippen LogP contribution in [0.15, 0.2) is 24.3 Å². The van der Waals surface area contributed by atoms with Crippen LogP contribution >= 0.6 is 0 Å². The number of halogens is 1. The Kier molecular flexibility index (Phi) is 2.82. The van der Waals surface area contributed by atoms with Crippen LogP contribution < -0.4 is 0 Å². The lowest BCUT2D eigenvalue weighted by molar-refractivity contribution is 0.282. The molecule has 0 spiro atoms. The molecule has 1 aromatic rings. The van der Waals surface area contributed by atoms with Crippen LogP contribution in [0.25, 0.3) is 0 Å². The monoisotopic (exact) mass is 194 g/mol. The van der Waals surface area contributed by atoms with Gasteiger partial charge < -0.3 is 5.11 Å². The number of alkyl halides is 1. The quantitative estimate of drug-likeness (QED) is 0.781. The molecule has 1 aliphatic rings. The molecule has 0 radical (unpaired) electrons. The molecule has 14 heavy (non-hydrogen) atoms. The smallest absolute Gasteiger partial charge is 0.0965 e. The van der Waals surface area contributed by atoms with Crippen molar-refractivity contribution in [1.29, 1.82) is 0 Å². The molecule has 0 heterocycles. The molecule has 2 rings (SSSR count). The predicted octanol–water partition coefficient (Wildman–Crippen LogP) is 2.64. The van der Waals surface area contributed by atoms with Gasteiger partial charge in [-0.1, -0.05) is 24.3 Å². The molecule has 1 nitrogen and oxygen atoms in total. The zero-order valence-corrected chi connectivity index (χ0v) is 8.12. The minimum absolute atomic E-state index is 0.0595. The van der Waals surface area contributed by atoms with Crippen molar-refractivity contribution in [1.82, 2.24) is 0 Å². The van der Waals surface area contributed by atoms with Gasteiger partial charge in [-0.15, -0.1) is 0 Å². The van der Waals surface area contributed by atoms with E-state index in [1.807, 2.05) is 24.3 Å². The Morgan fingerprint density at radius 3 is 2.36 bits per heavy atom. The molecule has 1 unspecified atom stereocenters. The van der Waals surface area contributed by atoms with Crippen molar-refractivity contribution in [2.75, 3.05) is 6.67 Å². The summed E-state index contributed by atoms with van der Waals surface area (Å²) in [5.74, 6) is 0.641. The van der Waals surface area contributed by atoms with Gasteiger partial charge in [-0.2, -0.15) is 0 Å². The average molecular weight is 194 g/mol. The van der Waals surface area contributed by atoms with Gasteiger partial charge in [0.1, 0.15) is 0 Å². The van der Waals surface area contributed by atoms with Crippen LogP contribution in [-0.4, -0.2) is 11.8 Å². The Hall–Kier alpha value is -0.890. The van der Waals surface area contributed by atoms with Gasteiger partial charge in [0.15, 0.2) is 0 Å². The predicted molar refractivity (Wildman–Crippen MR) is 53.8 cm³/mol. The first kappa shape index (κ1) is 9.66. The molecule has 0 saturated heterocycles. The standard InChI is InChI=1S/C12H15FO/c13-7-12(11-5-6-11)10-3-1-9(8-14)2-4-10/h1-4,11-12,14H,5-8H2. The number of rotatable bonds is 4. The Balaban J connectivity index is 2.13. The summed E-state index contributed by atoms with van der Waals surface area (Å²) in [4.78, 5) is 0. The lowest BCUT2D eigenvalue weighted by atomic mass is 9.95.